The molecule has 0 N–H and O–H groups in total. The van der Waals surface area contributed by atoms with Crippen molar-refractivity contribution in [1.82, 2.24) is 0 Å². The average Bonchev–Trinajstić information content (AvgIpc) is 1.61. The number of allylic oxidation sites excluding steroid dienone is 1. The third kappa shape index (κ3) is 6.08. The van der Waals surface area contributed by atoms with E-state index in [2.05, 4.69) is 15.9 Å². The zero-order chi connectivity index (χ0) is 5.70. The summed E-state index contributed by atoms with van der Waals surface area (Å²) in [4.78, 5) is 1.43. The van der Waals surface area contributed by atoms with Crippen molar-refractivity contribution in [2.45, 2.75) is 12.8 Å². The average molecular weight is 171 g/mol. The molecule has 0 saturated heterocycles. The molecule has 0 saturated carbocycles. The predicted molar refractivity (Wildman–Crippen MR) is 28.7 cm³/mol. The highest BCUT2D eigenvalue weighted by molar-refractivity contribution is 9.11. The van der Waals surface area contributed by atoms with Gasteiger partial charge in [-0.25, -0.2) is 8.78 Å². The van der Waals surface area contributed by atoms with Crippen LogP contribution in [0, 0.1) is 0 Å². The molecule has 7 heavy (non-hydrogen) atoms. The molecule has 0 unspecified atom stereocenters. The molecular formula is C4H5BrF2. The molecule has 0 aliphatic heterocycles. The first-order valence-corrected chi connectivity index (χ1v) is 2.72. The standard InChI is InChI=1S/C4H5BrF2/c5-3-1-2-4(6)7/h1,3-4H,2H2. The van der Waals surface area contributed by atoms with E-state index in [1.165, 1.54) is 11.1 Å². The van der Waals surface area contributed by atoms with Gasteiger partial charge in [0.25, 0.3) is 0 Å². The Bertz CT molecular complexity index is 60.7. The van der Waals surface area contributed by atoms with Crippen molar-refractivity contribution in [1.29, 1.82) is 0 Å². The van der Waals surface area contributed by atoms with Crippen LogP contribution in [0.15, 0.2) is 11.1 Å². The van der Waals surface area contributed by atoms with Crippen LogP contribution in [0.5, 0.6) is 0 Å². The monoisotopic (exact) mass is 170 g/mol. The molecular weight excluding hydrogens is 166 g/mol. The van der Waals surface area contributed by atoms with Crippen molar-refractivity contribution in [2.24, 2.45) is 0 Å². The Hall–Kier alpha value is 0.0800. The summed E-state index contributed by atoms with van der Waals surface area (Å²) in [6.45, 7) is 0. The summed E-state index contributed by atoms with van der Waals surface area (Å²) in [5.41, 5.74) is 0. The molecule has 0 aliphatic carbocycles. The zero-order valence-electron chi connectivity index (χ0n) is 3.57. The molecule has 0 heterocycles. The van der Waals surface area contributed by atoms with Crippen LogP contribution in [0.4, 0.5) is 8.78 Å². The van der Waals surface area contributed by atoms with E-state index in [0.29, 0.717) is 0 Å². The van der Waals surface area contributed by atoms with E-state index in [0.717, 1.165) is 0 Å². The van der Waals surface area contributed by atoms with Crippen molar-refractivity contribution in [3.8, 4) is 0 Å². The molecule has 0 aromatic heterocycles. The Labute approximate surface area is 49.3 Å². The van der Waals surface area contributed by atoms with Crippen LogP contribution >= 0.6 is 15.9 Å². The first-order valence-electron chi connectivity index (χ1n) is 1.80. The SMILES string of the molecule is FC(F)CC=CBr. The number of hydrogen-bond donors (Lipinski definition) is 0. The minimum atomic E-state index is -2.21. The van der Waals surface area contributed by atoms with Crippen LogP contribution in [0.1, 0.15) is 6.42 Å². The predicted octanol–water partition coefficient (Wildman–Crippen LogP) is 2.55. The lowest BCUT2D eigenvalue weighted by Gasteiger charge is -1.85. The van der Waals surface area contributed by atoms with Crippen molar-refractivity contribution < 1.29 is 8.78 Å². The molecule has 0 amide bonds. The fourth-order valence-corrected chi connectivity index (χ4v) is 0.370. The molecule has 0 fully saturated rings. The van der Waals surface area contributed by atoms with Gasteiger partial charge in [0, 0.05) is 6.42 Å². The van der Waals surface area contributed by atoms with E-state index in [-0.39, 0.29) is 6.42 Å². The van der Waals surface area contributed by atoms with Gasteiger partial charge in [-0.05, 0) is 4.99 Å². The van der Waals surface area contributed by atoms with Crippen LogP contribution in [-0.2, 0) is 0 Å². The lowest BCUT2D eigenvalue weighted by molar-refractivity contribution is 0.152. The van der Waals surface area contributed by atoms with Gasteiger partial charge in [-0.15, -0.1) is 0 Å². The van der Waals surface area contributed by atoms with E-state index in [1.807, 2.05) is 0 Å². The van der Waals surface area contributed by atoms with Crippen LogP contribution in [0.25, 0.3) is 0 Å². The lowest BCUT2D eigenvalue weighted by Crippen LogP contribution is -1.82. The highest BCUT2D eigenvalue weighted by atomic mass is 79.9. The summed E-state index contributed by atoms with van der Waals surface area (Å²) >= 11 is 2.86. The van der Waals surface area contributed by atoms with Gasteiger partial charge < -0.3 is 0 Å². The van der Waals surface area contributed by atoms with Crippen molar-refractivity contribution in [2.75, 3.05) is 0 Å². The van der Waals surface area contributed by atoms with Gasteiger partial charge in [0.15, 0.2) is 0 Å². The van der Waals surface area contributed by atoms with E-state index in [9.17, 15) is 8.78 Å². The van der Waals surface area contributed by atoms with E-state index in [1.54, 1.807) is 0 Å². The first kappa shape index (κ1) is 7.08. The van der Waals surface area contributed by atoms with E-state index in [4.69, 9.17) is 0 Å². The van der Waals surface area contributed by atoms with Crippen molar-refractivity contribution >= 4 is 15.9 Å². The maximum atomic E-state index is 11.1. The maximum absolute atomic E-state index is 11.1. The normalized spacial score (nSPS) is 11.4. The molecule has 3 heteroatoms. The van der Waals surface area contributed by atoms with Gasteiger partial charge in [-0.1, -0.05) is 22.0 Å². The van der Waals surface area contributed by atoms with Crippen LogP contribution in [0.2, 0.25) is 0 Å². The maximum Gasteiger partial charge on any atom is 0.242 e. The third-order valence-electron chi connectivity index (χ3n) is 0.403. The molecule has 0 rings (SSSR count). The summed E-state index contributed by atoms with van der Waals surface area (Å²) < 4.78 is 22.3. The summed E-state index contributed by atoms with van der Waals surface area (Å²) in [6.07, 6.45) is -1.01. The number of hydrogen-bond acceptors (Lipinski definition) is 0. The Kier molecular flexibility index (Phi) is 4.29. The topological polar surface area (TPSA) is 0 Å². The molecule has 0 aromatic rings. The Balaban J connectivity index is 2.97. The highest BCUT2D eigenvalue weighted by Crippen LogP contribution is 1.99. The zero-order valence-corrected chi connectivity index (χ0v) is 5.16. The van der Waals surface area contributed by atoms with Gasteiger partial charge in [0.1, 0.15) is 0 Å². The fraction of sp³-hybridized carbons (Fsp3) is 0.500. The molecule has 0 nitrogen and oxygen atoms in total. The molecule has 0 aliphatic rings. The van der Waals surface area contributed by atoms with E-state index >= 15 is 0 Å². The number of rotatable bonds is 2. The minimum absolute atomic E-state index is 0.161. The molecule has 0 bridgehead atoms. The number of alkyl halides is 2. The van der Waals surface area contributed by atoms with Crippen molar-refractivity contribution in [3.05, 3.63) is 11.1 Å². The molecule has 0 atom stereocenters. The minimum Gasteiger partial charge on any atom is -0.210 e. The first-order chi connectivity index (χ1) is 3.27. The summed E-state index contributed by atoms with van der Waals surface area (Å²) in [5, 5.41) is 0. The second-order valence-corrected chi connectivity index (χ2v) is 1.52. The van der Waals surface area contributed by atoms with Crippen LogP contribution in [-0.4, -0.2) is 6.43 Å². The van der Waals surface area contributed by atoms with Gasteiger partial charge >= 0.3 is 0 Å². The fourth-order valence-electron chi connectivity index (χ4n) is 0.154. The Morgan fingerprint density at radius 3 is 2.29 bits per heavy atom. The van der Waals surface area contributed by atoms with Gasteiger partial charge in [-0.3, -0.25) is 0 Å². The van der Waals surface area contributed by atoms with E-state index < -0.39 is 6.43 Å². The van der Waals surface area contributed by atoms with Gasteiger partial charge in [0.05, 0.1) is 0 Å². The largest absolute Gasteiger partial charge is 0.242 e. The summed E-state index contributed by atoms with van der Waals surface area (Å²) in [6, 6.07) is 0. The molecule has 42 valence electrons. The molecule has 0 radical (unpaired) electrons. The molecule has 0 aromatic carbocycles. The van der Waals surface area contributed by atoms with Gasteiger partial charge in [0.2, 0.25) is 6.43 Å². The number of halogens is 3. The summed E-state index contributed by atoms with van der Waals surface area (Å²) in [7, 11) is 0. The second-order valence-electron chi connectivity index (χ2n) is 0.988. The Morgan fingerprint density at radius 1 is 1.57 bits per heavy atom. The third-order valence-corrected chi connectivity index (χ3v) is 0.777. The molecule has 0 spiro atoms. The van der Waals surface area contributed by atoms with Crippen LogP contribution < -0.4 is 0 Å². The summed E-state index contributed by atoms with van der Waals surface area (Å²) in [5.74, 6) is 0. The highest BCUT2D eigenvalue weighted by Gasteiger charge is 1.94. The van der Waals surface area contributed by atoms with Crippen molar-refractivity contribution in [3.63, 3.8) is 0 Å². The smallest absolute Gasteiger partial charge is 0.210 e. The second kappa shape index (κ2) is 4.24. The van der Waals surface area contributed by atoms with Crippen LogP contribution in [0.3, 0.4) is 0 Å². The quantitative estimate of drug-likeness (QED) is 0.598. The van der Waals surface area contributed by atoms with Gasteiger partial charge in [-0.2, -0.15) is 0 Å². The Morgan fingerprint density at radius 2 is 2.14 bits per heavy atom. The lowest BCUT2D eigenvalue weighted by atomic mass is 10.5.